The molecule has 1 aliphatic rings. The number of rotatable bonds is 5. The molecular weight excluding hydrogens is 402 g/mol. The Labute approximate surface area is 181 Å². The van der Waals surface area contributed by atoms with E-state index in [1.54, 1.807) is 23.9 Å². The van der Waals surface area contributed by atoms with E-state index in [1.165, 1.54) is 10.5 Å². The van der Waals surface area contributed by atoms with Crippen molar-refractivity contribution in [3.8, 4) is 0 Å². The van der Waals surface area contributed by atoms with Gasteiger partial charge in [0.1, 0.15) is 0 Å². The van der Waals surface area contributed by atoms with Gasteiger partial charge in [0.15, 0.2) is 0 Å². The van der Waals surface area contributed by atoms with Crippen LogP contribution in [0.3, 0.4) is 0 Å². The van der Waals surface area contributed by atoms with Gasteiger partial charge in [-0.2, -0.15) is 0 Å². The number of halogens is 1. The van der Waals surface area contributed by atoms with Crippen LogP contribution in [-0.4, -0.2) is 16.0 Å². The highest BCUT2D eigenvalue weighted by Gasteiger charge is 2.26. The van der Waals surface area contributed by atoms with Crippen LogP contribution in [0.5, 0.6) is 0 Å². The summed E-state index contributed by atoms with van der Waals surface area (Å²) in [4.78, 5) is 14.7. The Morgan fingerprint density at radius 2 is 1.69 bits per heavy atom. The van der Waals surface area contributed by atoms with Crippen molar-refractivity contribution in [3.63, 3.8) is 0 Å². The molecule has 0 fully saturated rings. The van der Waals surface area contributed by atoms with Crippen molar-refractivity contribution < 1.29 is 9.90 Å². The molecule has 0 unspecified atom stereocenters. The maximum atomic E-state index is 11.2. The lowest BCUT2D eigenvalue weighted by Gasteiger charge is -2.26. The van der Waals surface area contributed by atoms with Crippen molar-refractivity contribution in [1.82, 2.24) is 4.90 Å². The summed E-state index contributed by atoms with van der Waals surface area (Å²) in [6.45, 7) is 8.44. The first-order valence-corrected chi connectivity index (χ1v) is 10.7. The SMILES string of the molecule is CCC(C)=C(c1ccc(C(=O)O)cc1)N1C=C(C)S/C1=C(/C)c1ccccc1Cl. The largest absolute Gasteiger partial charge is 0.478 e. The minimum atomic E-state index is -0.920. The summed E-state index contributed by atoms with van der Waals surface area (Å²) in [5.74, 6) is -0.920. The van der Waals surface area contributed by atoms with E-state index in [2.05, 4.69) is 38.8 Å². The maximum Gasteiger partial charge on any atom is 0.335 e. The van der Waals surface area contributed by atoms with E-state index in [9.17, 15) is 9.90 Å². The molecule has 150 valence electrons. The van der Waals surface area contributed by atoms with Crippen molar-refractivity contribution >= 4 is 40.6 Å². The highest BCUT2D eigenvalue weighted by atomic mass is 35.5. The standard InChI is InChI=1S/C24H24ClNO2S/c1-5-15(2)22(18-10-12-19(13-11-18)24(27)28)26-14-16(3)29-23(26)17(4)20-8-6-7-9-21(20)25/h6-14H,5H2,1-4H3,(H,27,28)/b22-15?,23-17-. The number of hydrogen-bond acceptors (Lipinski definition) is 3. The fourth-order valence-electron chi connectivity index (χ4n) is 3.30. The Hall–Kier alpha value is -2.43. The van der Waals surface area contributed by atoms with Crippen molar-refractivity contribution in [2.24, 2.45) is 0 Å². The summed E-state index contributed by atoms with van der Waals surface area (Å²) < 4.78 is 0. The zero-order chi connectivity index (χ0) is 21.1. The third-order valence-corrected chi connectivity index (χ3v) is 6.42. The van der Waals surface area contributed by atoms with Gasteiger partial charge in [0.25, 0.3) is 0 Å². The lowest BCUT2D eigenvalue weighted by atomic mass is 10.0. The molecule has 3 nitrogen and oxygen atoms in total. The van der Waals surface area contributed by atoms with Crippen LogP contribution in [0.4, 0.5) is 0 Å². The highest BCUT2D eigenvalue weighted by molar-refractivity contribution is 8.07. The molecule has 0 aromatic heterocycles. The molecular formula is C24H24ClNO2S. The molecule has 3 rings (SSSR count). The maximum absolute atomic E-state index is 11.2. The van der Waals surface area contributed by atoms with Crippen LogP contribution in [0.15, 0.2) is 70.2 Å². The Morgan fingerprint density at radius 1 is 1.07 bits per heavy atom. The average molecular weight is 426 g/mol. The minimum Gasteiger partial charge on any atom is -0.478 e. The number of carboxylic acid groups (broad SMARTS) is 1. The van der Waals surface area contributed by atoms with Gasteiger partial charge in [0.2, 0.25) is 0 Å². The van der Waals surface area contributed by atoms with E-state index in [4.69, 9.17) is 11.6 Å². The lowest BCUT2D eigenvalue weighted by molar-refractivity contribution is 0.0697. The molecule has 0 saturated carbocycles. The van der Waals surface area contributed by atoms with Crippen LogP contribution in [-0.2, 0) is 0 Å². The second-order valence-electron chi connectivity index (χ2n) is 6.99. The van der Waals surface area contributed by atoms with Crippen LogP contribution < -0.4 is 0 Å². The Balaban J connectivity index is 2.15. The third-order valence-electron chi connectivity index (χ3n) is 4.97. The van der Waals surface area contributed by atoms with Gasteiger partial charge in [-0.1, -0.05) is 60.6 Å². The van der Waals surface area contributed by atoms with Crippen molar-refractivity contribution in [2.75, 3.05) is 0 Å². The van der Waals surface area contributed by atoms with Crippen LogP contribution in [0.1, 0.15) is 55.6 Å². The van der Waals surface area contributed by atoms with Gasteiger partial charge in [-0.25, -0.2) is 4.79 Å². The van der Waals surface area contributed by atoms with Crippen molar-refractivity contribution in [2.45, 2.75) is 34.1 Å². The van der Waals surface area contributed by atoms with E-state index < -0.39 is 5.97 Å². The molecule has 1 heterocycles. The minimum absolute atomic E-state index is 0.285. The van der Waals surface area contributed by atoms with E-state index >= 15 is 0 Å². The fourth-order valence-corrected chi connectivity index (χ4v) is 4.55. The van der Waals surface area contributed by atoms with Gasteiger partial charge >= 0.3 is 5.97 Å². The normalized spacial score (nSPS) is 16.4. The zero-order valence-corrected chi connectivity index (χ0v) is 18.6. The van der Waals surface area contributed by atoms with Crippen LogP contribution in [0, 0.1) is 0 Å². The van der Waals surface area contributed by atoms with Crippen molar-refractivity contribution in [3.05, 3.63) is 92.0 Å². The fraction of sp³-hybridized carbons (Fsp3) is 0.208. The molecule has 5 heteroatoms. The summed E-state index contributed by atoms with van der Waals surface area (Å²) in [7, 11) is 0. The molecule has 29 heavy (non-hydrogen) atoms. The van der Waals surface area contributed by atoms with E-state index in [1.807, 2.05) is 36.4 Å². The number of allylic oxidation sites excluding steroid dienone is 3. The molecule has 0 bridgehead atoms. The summed E-state index contributed by atoms with van der Waals surface area (Å²) >= 11 is 8.19. The Kier molecular flexibility index (Phi) is 6.56. The number of thioether (sulfide) groups is 1. The predicted octanol–water partition coefficient (Wildman–Crippen LogP) is 7.48. The molecule has 1 N–H and O–H groups in total. The number of benzene rings is 2. The number of carbonyl (C=O) groups is 1. The number of aromatic carboxylic acids is 1. The zero-order valence-electron chi connectivity index (χ0n) is 17.0. The Morgan fingerprint density at radius 3 is 2.28 bits per heavy atom. The quantitative estimate of drug-likeness (QED) is 0.539. The summed E-state index contributed by atoms with van der Waals surface area (Å²) in [6.07, 6.45) is 3.03. The van der Waals surface area contributed by atoms with Crippen LogP contribution >= 0.6 is 23.4 Å². The number of hydrogen-bond donors (Lipinski definition) is 1. The van der Waals surface area contributed by atoms with Gasteiger partial charge in [-0.15, -0.1) is 0 Å². The lowest BCUT2D eigenvalue weighted by Crippen LogP contribution is -2.14. The highest BCUT2D eigenvalue weighted by Crippen LogP contribution is 2.46. The summed E-state index contributed by atoms with van der Waals surface area (Å²) in [6, 6.07) is 14.9. The van der Waals surface area contributed by atoms with Gasteiger partial charge in [0, 0.05) is 16.1 Å². The molecule has 2 aromatic carbocycles. The smallest absolute Gasteiger partial charge is 0.335 e. The second-order valence-corrected chi connectivity index (χ2v) is 8.63. The molecule has 2 aromatic rings. The van der Waals surface area contributed by atoms with E-state index in [0.717, 1.165) is 38.9 Å². The molecule has 0 saturated heterocycles. The average Bonchev–Trinajstić information content (AvgIpc) is 3.09. The van der Waals surface area contributed by atoms with Crippen LogP contribution in [0.25, 0.3) is 11.3 Å². The first-order chi connectivity index (χ1) is 13.8. The van der Waals surface area contributed by atoms with E-state index in [-0.39, 0.29) is 5.56 Å². The second kappa shape index (κ2) is 8.93. The van der Waals surface area contributed by atoms with Crippen LogP contribution in [0.2, 0.25) is 5.02 Å². The van der Waals surface area contributed by atoms with Gasteiger partial charge in [-0.3, -0.25) is 0 Å². The first-order valence-electron chi connectivity index (χ1n) is 9.48. The summed E-state index contributed by atoms with van der Waals surface area (Å²) in [5, 5.41) is 11.1. The van der Waals surface area contributed by atoms with E-state index in [0.29, 0.717) is 0 Å². The Bertz CT molecular complexity index is 1040. The number of nitrogens with zero attached hydrogens (tertiary/aromatic N) is 1. The first kappa shape index (κ1) is 21.3. The van der Waals surface area contributed by atoms with Gasteiger partial charge < -0.3 is 10.0 Å². The van der Waals surface area contributed by atoms with Crippen molar-refractivity contribution in [1.29, 1.82) is 0 Å². The third kappa shape index (κ3) is 4.44. The molecule has 0 aliphatic carbocycles. The monoisotopic (exact) mass is 425 g/mol. The van der Waals surface area contributed by atoms with Gasteiger partial charge in [0.05, 0.1) is 16.3 Å². The van der Waals surface area contributed by atoms with Gasteiger partial charge in [-0.05, 0) is 67.7 Å². The summed E-state index contributed by atoms with van der Waals surface area (Å²) in [5.41, 5.74) is 5.70. The molecule has 0 atom stereocenters. The molecule has 0 spiro atoms. The molecule has 0 amide bonds. The topological polar surface area (TPSA) is 40.5 Å². The number of carboxylic acids is 1. The molecule has 1 aliphatic heterocycles. The molecule has 0 radical (unpaired) electrons. The predicted molar refractivity (Wildman–Crippen MR) is 124 cm³/mol.